The minimum atomic E-state index is -0.0908. The van der Waals surface area contributed by atoms with Crippen LogP contribution in [0, 0.1) is 40.4 Å². The molecule has 1 heterocycles. The maximum atomic E-state index is 9.42. The molecule has 0 aromatic carbocycles. The summed E-state index contributed by atoms with van der Waals surface area (Å²) in [5.74, 6) is 0.521. The zero-order valence-electron chi connectivity index (χ0n) is 13.0. The Labute approximate surface area is 122 Å². The van der Waals surface area contributed by atoms with Crippen molar-refractivity contribution in [3.63, 3.8) is 0 Å². The molecule has 108 valence electrons. The minimum absolute atomic E-state index is 0.0908. The zero-order valence-corrected chi connectivity index (χ0v) is 13.0. The average Bonchev–Trinajstić information content (AvgIpc) is 2.38. The largest absolute Gasteiger partial charge is 0.401 e. The lowest BCUT2D eigenvalue weighted by Crippen LogP contribution is -2.40. The Hall–Kier alpha value is -1.94. The molecule has 0 spiro atoms. The molecule has 1 rings (SSSR count). The van der Waals surface area contributed by atoms with Gasteiger partial charge in [-0.2, -0.15) is 10.5 Å². The van der Waals surface area contributed by atoms with Crippen LogP contribution in [0.2, 0.25) is 0 Å². The third-order valence-corrected chi connectivity index (χ3v) is 3.80. The van der Waals surface area contributed by atoms with E-state index in [0.717, 1.165) is 17.7 Å². The number of hydrogen-bond donors (Lipinski definition) is 2. The van der Waals surface area contributed by atoms with E-state index in [1.54, 1.807) is 0 Å². The Balaban J connectivity index is 3.22. The number of allylic oxidation sites excluding steroid dienone is 3. The molecular weight excluding hydrogens is 248 g/mol. The van der Waals surface area contributed by atoms with Crippen LogP contribution in [0.1, 0.15) is 41.0 Å². The van der Waals surface area contributed by atoms with Crippen molar-refractivity contribution >= 4 is 0 Å². The minimum Gasteiger partial charge on any atom is -0.401 e. The molecule has 0 saturated heterocycles. The molecule has 2 unspecified atom stereocenters. The number of nitrogens with two attached hydrogens (primary N) is 1. The van der Waals surface area contributed by atoms with Gasteiger partial charge in [0.25, 0.3) is 0 Å². The van der Waals surface area contributed by atoms with E-state index >= 15 is 0 Å². The summed E-state index contributed by atoms with van der Waals surface area (Å²) >= 11 is 0. The lowest BCUT2D eigenvalue weighted by atomic mass is 9.82. The molecule has 4 heteroatoms. The quantitative estimate of drug-likeness (QED) is 0.773. The van der Waals surface area contributed by atoms with Crippen LogP contribution in [0.4, 0.5) is 0 Å². The molecule has 0 bridgehead atoms. The molecule has 2 atom stereocenters. The molecule has 0 fully saturated rings. The van der Waals surface area contributed by atoms with Crippen LogP contribution in [0.25, 0.3) is 0 Å². The second-order valence-electron chi connectivity index (χ2n) is 6.06. The molecule has 1 aliphatic rings. The number of nitrogens with one attached hydrogen (secondary N) is 1. The number of rotatable bonds is 3. The van der Waals surface area contributed by atoms with Crippen LogP contribution < -0.4 is 11.1 Å². The Morgan fingerprint density at radius 3 is 2.30 bits per heavy atom. The maximum Gasteiger partial charge on any atom is 0.0987 e. The number of nitrogens with zero attached hydrogens (tertiary/aromatic N) is 2. The summed E-state index contributed by atoms with van der Waals surface area (Å²) in [5.41, 5.74) is 9.07. The molecular formula is C16H24N4. The molecule has 3 N–H and O–H groups in total. The Bertz CT molecular complexity index is 512. The van der Waals surface area contributed by atoms with Crippen molar-refractivity contribution in [1.29, 1.82) is 10.5 Å². The topological polar surface area (TPSA) is 85.6 Å². The van der Waals surface area contributed by atoms with Crippen molar-refractivity contribution in [2.75, 3.05) is 0 Å². The Morgan fingerprint density at radius 2 is 1.90 bits per heavy atom. The predicted molar refractivity (Wildman–Crippen MR) is 79.8 cm³/mol. The highest BCUT2D eigenvalue weighted by atomic mass is 15.0. The summed E-state index contributed by atoms with van der Waals surface area (Å²) in [5, 5.41) is 22.1. The van der Waals surface area contributed by atoms with Gasteiger partial charge in [0.05, 0.1) is 29.3 Å². The van der Waals surface area contributed by atoms with Gasteiger partial charge in [-0.15, -0.1) is 0 Å². The predicted octanol–water partition coefficient (Wildman–Crippen LogP) is 2.81. The molecule has 0 radical (unpaired) electrons. The van der Waals surface area contributed by atoms with Crippen molar-refractivity contribution in [1.82, 2.24) is 5.32 Å². The van der Waals surface area contributed by atoms with Crippen molar-refractivity contribution in [2.45, 2.75) is 47.1 Å². The molecule has 1 aliphatic heterocycles. The van der Waals surface area contributed by atoms with E-state index in [1.807, 2.05) is 20.8 Å². The van der Waals surface area contributed by atoms with Crippen LogP contribution >= 0.6 is 0 Å². The van der Waals surface area contributed by atoms with E-state index < -0.39 is 0 Å². The van der Waals surface area contributed by atoms with Crippen LogP contribution in [0.15, 0.2) is 22.5 Å². The van der Waals surface area contributed by atoms with Crippen LogP contribution in [-0.4, -0.2) is 6.04 Å². The summed E-state index contributed by atoms with van der Waals surface area (Å²) in [4.78, 5) is 0. The molecule has 0 aromatic heterocycles. The van der Waals surface area contributed by atoms with Gasteiger partial charge in [0.2, 0.25) is 0 Å². The highest BCUT2D eigenvalue weighted by Crippen LogP contribution is 2.31. The third-order valence-electron chi connectivity index (χ3n) is 3.80. The molecule has 0 aromatic rings. The molecule has 0 amide bonds. The van der Waals surface area contributed by atoms with Crippen molar-refractivity contribution < 1.29 is 0 Å². The zero-order chi connectivity index (χ0) is 15.4. The van der Waals surface area contributed by atoms with Crippen LogP contribution in [0.5, 0.6) is 0 Å². The van der Waals surface area contributed by atoms with E-state index in [1.165, 1.54) is 0 Å². The molecule has 0 aliphatic carbocycles. The van der Waals surface area contributed by atoms with Crippen molar-refractivity contribution in [2.24, 2.45) is 23.5 Å². The van der Waals surface area contributed by atoms with Crippen LogP contribution in [0.3, 0.4) is 0 Å². The second kappa shape index (κ2) is 6.48. The SMILES string of the molecule is CC(C)C1=C(C#N)C(C)CC(/C(C#N)=C(\N)C(C)C)N1. The van der Waals surface area contributed by atoms with E-state index in [9.17, 15) is 10.5 Å². The summed E-state index contributed by atoms with van der Waals surface area (Å²) in [7, 11) is 0. The first kappa shape index (κ1) is 16.1. The van der Waals surface area contributed by atoms with Gasteiger partial charge in [0.15, 0.2) is 0 Å². The first-order valence-electron chi connectivity index (χ1n) is 7.13. The monoisotopic (exact) mass is 272 g/mol. The Kier molecular flexibility index (Phi) is 5.22. The van der Waals surface area contributed by atoms with E-state index in [2.05, 4.69) is 31.3 Å². The number of nitriles is 2. The fourth-order valence-electron chi connectivity index (χ4n) is 2.55. The smallest absolute Gasteiger partial charge is 0.0987 e. The third kappa shape index (κ3) is 3.14. The summed E-state index contributed by atoms with van der Waals surface area (Å²) in [6.45, 7) is 10.1. The van der Waals surface area contributed by atoms with Gasteiger partial charge in [-0.1, -0.05) is 34.6 Å². The van der Waals surface area contributed by atoms with Gasteiger partial charge >= 0.3 is 0 Å². The average molecular weight is 272 g/mol. The van der Waals surface area contributed by atoms with Gasteiger partial charge in [-0.3, -0.25) is 0 Å². The summed E-state index contributed by atoms with van der Waals surface area (Å²) in [6.07, 6.45) is 0.732. The van der Waals surface area contributed by atoms with Gasteiger partial charge in [-0.25, -0.2) is 0 Å². The molecule has 20 heavy (non-hydrogen) atoms. The molecule has 0 saturated carbocycles. The lowest BCUT2D eigenvalue weighted by molar-refractivity contribution is 0.440. The highest BCUT2D eigenvalue weighted by Gasteiger charge is 2.30. The van der Waals surface area contributed by atoms with Crippen molar-refractivity contribution in [3.05, 3.63) is 22.5 Å². The standard InChI is InChI=1S/C16H24N4/c1-9(2)15(19)13(8-18)14-6-11(5)12(7-17)16(20-14)10(3)4/h9-11,14,20H,6,19H2,1-5H3/b15-13-. The highest BCUT2D eigenvalue weighted by molar-refractivity contribution is 5.40. The number of hydrogen-bond acceptors (Lipinski definition) is 4. The van der Waals surface area contributed by atoms with Crippen LogP contribution in [-0.2, 0) is 0 Å². The van der Waals surface area contributed by atoms with E-state index in [-0.39, 0.29) is 23.8 Å². The lowest BCUT2D eigenvalue weighted by Gasteiger charge is -2.33. The van der Waals surface area contributed by atoms with Gasteiger partial charge in [0, 0.05) is 11.4 Å². The second-order valence-corrected chi connectivity index (χ2v) is 6.06. The normalized spacial score (nSPS) is 24.1. The van der Waals surface area contributed by atoms with Gasteiger partial charge < -0.3 is 11.1 Å². The summed E-state index contributed by atoms with van der Waals surface area (Å²) in [6, 6.07) is 4.46. The van der Waals surface area contributed by atoms with E-state index in [0.29, 0.717) is 11.3 Å². The van der Waals surface area contributed by atoms with E-state index in [4.69, 9.17) is 5.73 Å². The Morgan fingerprint density at radius 1 is 1.30 bits per heavy atom. The fourth-order valence-corrected chi connectivity index (χ4v) is 2.55. The first-order valence-corrected chi connectivity index (χ1v) is 7.13. The summed E-state index contributed by atoms with van der Waals surface area (Å²) < 4.78 is 0. The fraction of sp³-hybridized carbons (Fsp3) is 0.625. The maximum absolute atomic E-state index is 9.42. The van der Waals surface area contributed by atoms with Gasteiger partial charge in [0.1, 0.15) is 0 Å². The van der Waals surface area contributed by atoms with Crippen molar-refractivity contribution in [3.8, 4) is 12.1 Å². The molecule has 4 nitrogen and oxygen atoms in total. The first-order chi connectivity index (χ1) is 9.33. The van der Waals surface area contributed by atoms with Gasteiger partial charge in [-0.05, 0) is 24.2 Å².